The molecule has 0 unspecified atom stereocenters. The molecule has 0 heterocycles. The molecule has 0 saturated heterocycles. The van der Waals surface area contributed by atoms with Crippen LogP contribution in [0.15, 0.2) is 12.1 Å². The first kappa shape index (κ1) is 17.8. The van der Waals surface area contributed by atoms with E-state index in [0.29, 0.717) is 29.4 Å². The standard InChI is InChI=1S/C19H22O5/c1-7-8-13-12(2)9-14-15(21-4)10-16(22-5)19(23-6)17(14)18(13)24-11-20-3/h1,9-10H,8,11H2,2-6H3. The molecule has 5 heteroatoms. The quantitative estimate of drug-likeness (QED) is 0.575. The van der Waals surface area contributed by atoms with E-state index >= 15 is 0 Å². The molecular weight excluding hydrogens is 308 g/mol. The number of methoxy groups -OCH3 is 4. The topological polar surface area (TPSA) is 46.2 Å². The van der Waals surface area contributed by atoms with Gasteiger partial charge in [0.05, 0.1) is 26.7 Å². The summed E-state index contributed by atoms with van der Waals surface area (Å²) in [6, 6.07) is 3.81. The summed E-state index contributed by atoms with van der Waals surface area (Å²) in [5.74, 6) is 5.09. The number of hydrogen-bond acceptors (Lipinski definition) is 5. The Kier molecular flexibility index (Phi) is 5.78. The smallest absolute Gasteiger partial charge is 0.188 e. The number of aryl methyl sites for hydroxylation is 1. The number of benzene rings is 2. The Morgan fingerprint density at radius 3 is 2.21 bits per heavy atom. The highest BCUT2D eigenvalue weighted by Crippen LogP contribution is 2.47. The van der Waals surface area contributed by atoms with Gasteiger partial charge in [-0.1, -0.05) is 0 Å². The molecule has 0 amide bonds. The molecule has 2 rings (SSSR count). The van der Waals surface area contributed by atoms with E-state index in [9.17, 15) is 0 Å². The van der Waals surface area contributed by atoms with Gasteiger partial charge in [0, 0.05) is 30.5 Å². The third-order valence-electron chi connectivity index (χ3n) is 3.83. The maximum atomic E-state index is 5.87. The lowest BCUT2D eigenvalue weighted by molar-refractivity contribution is 0.0515. The molecule has 0 N–H and O–H groups in total. The monoisotopic (exact) mass is 330 g/mol. The number of hydrogen-bond donors (Lipinski definition) is 0. The molecule has 0 radical (unpaired) electrons. The van der Waals surface area contributed by atoms with E-state index < -0.39 is 0 Å². The molecule has 0 fully saturated rings. The largest absolute Gasteiger partial charge is 0.496 e. The van der Waals surface area contributed by atoms with E-state index in [0.717, 1.165) is 21.9 Å². The summed E-state index contributed by atoms with van der Waals surface area (Å²) in [7, 11) is 6.35. The molecule has 5 nitrogen and oxygen atoms in total. The van der Waals surface area contributed by atoms with Crippen molar-refractivity contribution in [3.05, 3.63) is 23.3 Å². The van der Waals surface area contributed by atoms with Gasteiger partial charge in [0.15, 0.2) is 18.3 Å². The van der Waals surface area contributed by atoms with Crippen LogP contribution in [0, 0.1) is 19.3 Å². The van der Waals surface area contributed by atoms with Crippen LogP contribution in [0.3, 0.4) is 0 Å². The molecule has 128 valence electrons. The molecule has 0 bridgehead atoms. The predicted octanol–water partition coefficient (Wildman–Crippen LogP) is 3.33. The Morgan fingerprint density at radius 2 is 1.67 bits per heavy atom. The summed E-state index contributed by atoms with van der Waals surface area (Å²) in [6.45, 7) is 2.08. The normalized spacial score (nSPS) is 10.3. The third-order valence-corrected chi connectivity index (χ3v) is 3.83. The molecule has 0 aliphatic heterocycles. The van der Waals surface area contributed by atoms with E-state index in [2.05, 4.69) is 5.92 Å². The Hall–Kier alpha value is -2.58. The van der Waals surface area contributed by atoms with Crippen molar-refractivity contribution < 1.29 is 23.7 Å². The van der Waals surface area contributed by atoms with Gasteiger partial charge in [0.25, 0.3) is 0 Å². The van der Waals surface area contributed by atoms with E-state index in [1.54, 1.807) is 34.5 Å². The van der Waals surface area contributed by atoms with Crippen LogP contribution in [-0.2, 0) is 11.2 Å². The van der Waals surface area contributed by atoms with Gasteiger partial charge in [-0.05, 0) is 18.6 Å². The van der Waals surface area contributed by atoms with Gasteiger partial charge in [0.2, 0.25) is 0 Å². The summed E-state index contributed by atoms with van der Waals surface area (Å²) in [5.41, 5.74) is 1.92. The van der Waals surface area contributed by atoms with E-state index in [1.165, 1.54) is 0 Å². The average Bonchev–Trinajstić information content (AvgIpc) is 2.60. The van der Waals surface area contributed by atoms with Crippen LogP contribution < -0.4 is 18.9 Å². The SMILES string of the molecule is C#CCc1c(C)cc2c(OC)cc(OC)c(OC)c2c1OCOC. The van der Waals surface area contributed by atoms with Crippen LogP contribution in [0.25, 0.3) is 10.8 Å². The van der Waals surface area contributed by atoms with Crippen LogP contribution in [0.2, 0.25) is 0 Å². The van der Waals surface area contributed by atoms with Gasteiger partial charge in [-0.25, -0.2) is 0 Å². The Bertz CT molecular complexity index is 774. The lowest BCUT2D eigenvalue weighted by Gasteiger charge is -2.20. The summed E-state index contributed by atoms with van der Waals surface area (Å²) < 4.78 is 27.5. The highest BCUT2D eigenvalue weighted by molar-refractivity contribution is 6.01. The van der Waals surface area contributed by atoms with Crippen molar-refractivity contribution in [2.24, 2.45) is 0 Å². The molecule has 2 aromatic rings. The van der Waals surface area contributed by atoms with Gasteiger partial charge in [0.1, 0.15) is 11.5 Å². The first-order valence-corrected chi connectivity index (χ1v) is 7.43. The summed E-state index contributed by atoms with van der Waals surface area (Å²) in [6.07, 6.45) is 5.97. The van der Waals surface area contributed by atoms with Crippen molar-refractivity contribution in [1.29, 1.82) is 0 Å². The van der Waals surface area contributed by atoms with Crippen LogP contribution in [0.4, 0.5) is 0 Å². The molecule has 0 aromatic heterocycles. The zero-order valence-corrected chi connectivity index (χ0v) is 14.7. The fourth-order valence-corrected chi connectivity index (χ4v) is 2.76. The molecule has 0 atom stereocenters. The lowest BCUT2D eigenvalue weighted by atomic mass is 9.96. The van der Waals surface area contributed by atoms with Crippen LogP contribution in [0.5, 0.6) is 23.0 Å². The predicted molar refractivity (Wildman–Crippen MR) is 93.4 cm³/mol. The second-order valence-electron chi connectivity index (χ2n) is 5.17. The fraction of sp³-hybridized carbons (Fsp3) is 0.368. The summed E-state index contributed by atoms with van der Waals surface area (Å²) in [5, 5.41) is 1.61. The molecule has 24 heavy (non-hydrogen) atoms. The van der Waals surface area contributed by atoms with Crippen LogP contribution >= 0.6 is 0 Å². The van der Waals surface area contributed by atoms with Gasteiger partial charge in [-0.15, -0.1) is 12.3 Å². The maximum absolute atomic E-state index is 5.87. The highest BCUT2D eigenvalue weighted by atomic mass is 16.7. The molecule has 0 aliphatic rings. The second-order valence-corrected chi connectivity index (χ2v) is 5.17. The van der Waals surface area contributed by atoms with Crippen molar-refractivity contribution in [2.75, 3.05) is 35.2 Å². The van der Waals surface area contributed by atoms with E-state index in [-0.39, 0.29) is 6.79 Å². The Morgan fingerprint density at radius 1 is 0.958 bits per heavy atom. The first-order chi connectivity index (χ1) is 11.6. The minimum absolute atomic E-state index is 0.0960. The molecule has 0 aliphatic carbocycles. The minimum atomic E-state index is 0.0960. The minimum Gasteiger partial charge on any atom is -0.496 e. The zero-order valence-electron chi connectivity index (χ0n) is 14.7. The fourth-order valence-electron chi connectivity index (χ4n) is 2.76. The van der Waals surface area contributed by atoms with Crippen LogP contribution in [-0.4, -0.2) is 35.2 Å². The number of ether oxygens (including phenoxy) is 5. The molecule has 0 spiro atoms. The van der Waals surface area contributed by atoms with Crippen molar-refractivity contribution in [2.45, 2.75) is 13.3 Å². The van der Waals surface area contributed by atoms with Gasteiger partial charge in [-0.2, -0.15) is 0 Å². The summed E-state index contributed by atoms with van der Waals surface area (Å²) in [4.78, 5) is 0. The maximum Gasteiger partial charge on any atom is 0.188 e. The van der Waals surface area contributed by atoms with Crippen molar-refractivity contribution >= 4 is 10.8 Å². The van der Waals surface area contributed by atoms with Gasteiger partial charge >= 0.3 is 0 Å². The van der Waals surface area contributed by atoms with E-state index in [4.69, 9.17) is 30.1 Å². The zero-order chi connectivity index (χ0) is 17.7. The molecule has 0 saturated carbocycles. The lowest BCUT2D eigenvalue weighted by Crippen LogP contribution is -2.05. The summed E-state index contributed by atoms with van der Waals surface area (Å²) >= 11 is 0. The Labute approximate surface area is 142 Å². The third kappa shape index (κ3) is 3.06. The number of fused-ring (bicyclic) bond motifs is 1. The second kappa shape index (κ2) is 7.80. The number of terminal acetylenes is 1. The van der Waals surface area contributed by atoms with E-state index in [1.807, 2.05) is 13.0 Å². The molecule has 2 aromatic carbocycles. The van der Waals surface area contributed by atoms with Crippen LogP contribution in [0.1, 0.15) is 11.1 Å². The van der Waals surface area contributed by atoms with Crippen molar-refractivity contribution in [3.63, 3.8) is 0 Å². The molecular formula is C19H22O5. The number of rotatable bonds is 7. The first-order valence-electron chi connectivity index (χ1n) is 7.43. The van der Waals surface area contributed by atoms with Gasteiger partial charge < -0.3 is 23.7 Å². The van der Waals surface area contributed by atoms with Crippen molar-refractivity contribution in [3.8, 4) is 35.3 Å². The highest BCUT2D eigenvalue weighted by Gasteiger charge is 2.22. The van der Waals surface area contributed by atoms with Gasteiger partial charge in [-0.3, -0.25) is 0 Å². The van der Waals surface area contributed by atoms with Crippen molar-refractivity contribution in [1.82, 2.24) is 0 Å². The average molecular weight is 330 g/mol. The Balaban J connectivity index is 2.95.